The molecule has 2 rings (SSSR count). The Morgan fingerprint density at radius 3 is 2.29 bits per heavy atom. The molecule has 1 N–H and O–H groups in total. The number of hydrogen-bond donors (Lipinski definition) is 1. The summed E-state index contributed by atoms with van der Waals surface area (Å²) in [5.41, 5.74) is 6.21. The molecule has 0 spiro atoms. The predicted molar refractivity (Wildman–Crippen MR) is 88.8 cm³/mol. The van der Waals surface area contributed by atoms with Crippen LogP contribution in [0, 0.1) is 20.8 Å². The molecule has 0 saturated heterocycles. The van der Waals surface area contributed by atoms with Crippen molar-refractivity contribution in [1.82, 2.24) is 5.32 Å². The van der Waals surface area contributed by atoms with Crippen LogP contribution in [0.4, 0.5) is 0 Å². The molecule has 0 bridgehead atoms. The van der Waals surface area contributed by atoms with E-state index in [4.69, 9.17) is 4.74 Å². The zero-order valence-corrected chi connectivity index (χ0v) is 13.5. The molecule has 0 atom stereocenters. The fourth-order valence-electron chi connectivity index (χ4n) is 2.60. The van der Waals surface area contributed by atoms with Crippen molar-refractivity contribution >= 4 is 0 Å². The summed E-state index contributed by atoms with van der Waals surface area (Å²) in [5, 5.41) is 3.36. The van der Waals surface area contributed by atoms with Gasteiger partial charge in [0.15, 0.2) is 0 Å². The number of nitrogens with one attached hydrogen (secondary N) is 1. The SMILES string of the molecule is CCNCc1cc(C)c(OCc2cccc(C)c2)c(C)c1. The third-order valence-electron chi connectivity index (χ3n) is 3.56. The van der Waals surface area contributed by atoms with Crippen LogP contribution < -0.4 is 10.1 Å². The van der Waals surface area contributed by atoms with E-state index in [1.54, 1.807) is 0 Å². The van der Waals surface area contributed by atoms with Crippen molar-refractivity contribution in [3.05, 3.63) is 64.2 Å². The molecule has 0 aliphatic rings. The molecule has 2 heteroatoms. The number of aryl methyl sites for hydroxylation is 3. The van der Waals surface area contributed by atoms with Gasteiger partial charge in [0.05, 0.1) is 0 Å². The van der Waals surface area contributed by atoms with E-state index in [1.165, 1.54) is 27.8 Å². The third kappa shape index (κ3) is 4.33. The van der Waals surface area contributed by atoms with Gasteiger partial charge < -0.3 is 10.1 Å². The second-order valence-electron chi connectivity index (χ2n) is 5.62. The minimum Gasteiger partial charge on any atom is -0.488 e. The molecule has 0 aliphatic carbocycles. The highest BCUT2D eigenvalue weighted by Gasteiger charge is 2.07. The molecular formula is C19H25NO. The van der Waals surface area contributed by atoms with Crippen LogP contribution in [0.2, 0.25) is 0 Å². The second-order valence-corrected chi connectivity index (χ2v) is 5.62. The highest BCUT2D eigenvalue weighted by Crippen LogP contribution is 2.26. The lowest BCUT2D eigenvalue weighted by Crippen LogP contribution is -2.12. The Balaban J connectivity index is 2.09. The van der Waals surface area contributed by atoms with Gasteiger partial charge in [-0.15, -0.1) is 0 Å². The molecule has 0 aliphatic heterocycles. The van der Waals surface area contributed by atoms with Gasteiger partial charge >= 0.3 is 0 Å². The largest absolute Gasteiger partial charge is 0.488 e. The summed E-state index contributed by atoms with van der Waals surface area (Å²) in [6.45, 7) is 11.0. The Morgan fingerprint density at radius 1 is 0.952 bits per heavy atom. The Bertz CT molecular complexity index is 581. The fourth-order valence-corrected chi connectivity index (χ4v) is 2.60. The van der Waals surface area contributed by atoms with Crippen molar-refractivity contribution in [1.29, 1.82) is 0 Å². The first kappa shape index (κ1) is 15.6. The van der Waals surface area contributed by atoms with Crippen molar-refractivity contribution in [2.24, 2.45) is 0 Å². The molecule has 0 unspecified atom stereocenters. The molecule has 21 heavy (non-hydrogen) atoms. The molecule has 0 aromatic heterocycles. The van der Waals surface area contributed by atoms with Crippen molar-refractivity contribution in [2.45, 2.75) is 40.8 Å². The van der Waals surface area contributed by atoms with Crippen molar-refractivity contribution < 1.29 is 4.74 Å². The minimum atomic E-state index is 0.621. The molecule has 2 nitrogen and oxygen atoms in total. The summed E-state index contributed by atoms with van der Waals surface area (Å²) in [6.07, 6.45) is 0. The first-order valence-electron chi connectivity index (χ1n) is 7.59. The normalized spacial score (nSPS) is 10.7. The van der Waals surface area contributed by atoms with Crippen LogP contribution in [-0.4, -0.2) is 6.54 Å². The molecule has 112 valence electrons. The Labute approximate surface area is 128 Å². The predicted octanol–water partition coefficient (Wildman–Crippen LogP) is 4.30. The molecular weight excluding hydrogens is 258 g/mol. The van der Waals surface area contributed by atoms with Crippen LogP contribution in [0.5, 0.6) is 5.75 Å². The van der Waals surface area contributed by atoms with Gasteiger partial charge in [-0.05, 0) is 49.6 Å². The van der Waals surface area contributed by atoms with Crippen LogP contribution in [0.15, 0.2) is 36.4 Å². The number of ether oxygens (including phenoxy) is 1. The van der Waals surface area contributed by atoms with Crippen LogP contribution in [0.3, 0.4) is 0 Å². The number of hydrogen-bond acceptors (Lipinski definition) is 2. The van der Waals surface area contributed by atoms with Gasteiger partial charge in [-0.3, -0.25) is 0 Å². The first-order chi connectivity index (χ1) is 10.1. The second kappa shape index (κ2) is 7.28. The van der Waals surface area contributed by atoms with Crippen LogP contribution in [0.1, 0.15) is 34.7 Å². The maximum Gasteiger partial charge on any atom is 0.125 e. The Hall–Kier alpha value is -1.80. The summed E-state index contributed by atoms with van der Waals surface area (Å²) in [7, 11) is 0. The highest BCUT2D eigenvalue weighted by atomic mass is 16.5. The van der Waals surface area contributed by atoms with Gasteiger partial charge in [-0.2, -0.15) is 0 Å². The van der Waals surface area contributed by atoms with E-state index in [2.05, 4.69) is 69.4 Å². The van der Waals surface area contributed by atoms with E-state index in [0.29, 0.717) is 6.61 Å². The lowest BCUT2D eigenvalue weighted by atomic mass is 10.1. The Kier molecular flexibility index (Phi) is 5.40. The van der Waals surface area contributed by atoms with Crippen molar-refractivity contribution in [3.63, 3.8) is 0 Å². The summed E-state index contributed by atoms with van der Waals surface area (Å²) in [6, 6.07) is 12.9. The van der Waals surface area contributed by atoms with Gasteiger partial charge in [0.2, 0.25) is 0 Å². The van der Waals surface area contributed by atoms with E-state index >= 15 is 0 Å². The van der Waals surface area contributed by atoms with E-state index in [-0.39, 0.29) is 0 Å². The molecule has 0 saturated carbocycles. The minimum absolute atomic E-state index is 0.621. The van der Waals surface area contributed by atoms with Crippen LogP contribution in [0.25, 0.3) is 0 Å². The van der Waals surface area contributed by atoms with Gasteiger partial charge in [-0.1, -0.05) is 48.9 Å². The molecule has 0 fully saturated rings. The van der Waals surface area contributed by atoms with Crippen LogP contribution >= 0.6 is 0 Å². The quantitative estimate of drug-likeness (QED) is 0.853. The van der Waals surface area contributed by atoms with E-state index in [0.717, 1.165) is 18.8 Å². The summed E-state index contributed by atoms with van der Waals surface area (Å²) in [4.78, 5) is 0. The fraction of sp³-hybridized carbons (Fsp3) is 0.368. The van der Waals surface area contributed by atoms with Gasteiger partial charge in [0.1, 0.15) is 12.4 Å². The topological polar surface area (TPSA) is 21.3 Å². The van der Waals surface area contributed by atoms with Crippen molar-refractivity contribution in [2.75, 3.05) is 6.54 Å². The van der Waals surface area contributed by atoms with Gasteiger partial charge in [0, 0.05) is 6.54 Å². The Morgan fingerprint density at radius 2 is 1.67 bits per heavy atom. The summed E-state index contributed by atoms with van der Waals surface area (Å²) < 4.78 is 6.05. The molecule has 0 amide bonds. The standard InChI is InChI=1S/C19H25NO/c1-5-20-12-18-10-15(3)19(16(4)11-18)21-13-17-8-6-7-14(2)9-17/h6-11,20H,5,12-13H2,1-4H3. The zero-order valence-electron chi connectivity index (χ0n) is 13.5. The lowest BCUT2D eigenvalue weighted by molar-refractivity contribution is 0.302. The van der Waals surface area contributed by atoms with Crippen LogP contribution in [-0.2, 0) is 13.2 Å². The van der Waals surface area contributed by atoms with E-state index < -0.39 is 0 Å². The van der Waals surface area contributed by atoms with Gasteiger partial charge in [-0.25, -0.2) is 0 Å². The summed E-state index contributed by atoms with van der Waals surface area (Å²) in [5.74, 6) is 1.01. The average Bonchev–Trinajstić information content (AvgIpc) is 2.44. The maximum absolute atomic E-state index is 6.05. The highest BCUT2D eigenvalue weighted by molar-refractivity contribution is 5.43. The molecule has 2 aromatic carbocycles. The zero-order chi connectivity index (χ0) is 15.2. The average molecular weight is 283 g/mol. The molecule has 0 radical (unpaired) electrons. The third-order valence-corrected chi connectivity index (χ3v) is 3.56. The van der Waals surface area contributed by atoms with Crippen molar-refractivity contribution in [3.8, 4) is 5.75 Å². The lowest BCUT2D eigenvalue weighted by Gasteiger charge is -2.14. The summed E-state index contributed by atoms with van der Waals surface area (Å²) >= 11 is 0. The van der Waals surface area contributed by atoms with E-state index in [9.17, 15) is 0 Å². The monoisotopic (exact) mass is 283 g/mol. The maximum atomic E-state index is 6.05. The molecule has 2 aromatic rings. The van der Waals surface area contributed by atoms with Gasteiger partial charge in [0.25, 0.3) is 0 Å². The van der Waals surface area contributed by atoms with E-state index in [1.807, 2.05) is 0 Å². The number of rotatable bonds is 6. The number of benzene rings is 2. The first-order valence-corrected chi connectivity index (χ1v) is 7.59. The smallest absolute Gasteiger partial charge is 0.125 e. The molecule has 0 heterocycles.